The SMILES string of the molecule is CC(=NNC(=O)CCNC(=O)c1ccccc1Cl)c1ccc([N+](=O)[O-])cc1. The van der Waals surface area contributed by atoms with Crippen LogP contribution < -0.4 is 10.7 Å². The molecule has 0 fully saturated rings. The van der Waals surface area contributed by atoms with Crippen LogP contribution in [0.2, 0.25) is 5.02 Å². The molecule has 9 heteroatoms. The third-order valence-electron chi connectivity index (χ3n) is 3.60. The summed E-state index contributed by atoms with van der Waals surface area (Å²) in [4.78, 5) is 33.9. The van der Waals surface area contributed by atoms with E-state index < -0.39 is 4.92 Å². The van der Waals surface area contributed by atoms with Crippen LogP contribution in [0.15, 0.2) is 53.6 Å². The third kappa shape index (κ3) is 5.89. The van der Waals surface area contributed by atoms with E-state index in [4.69, 9.17) is 11.6 Å². The first kappa shape index (κ1) is 20.1. The normalized spacial score (nSPS) is 11.0. The molecule has 0 unspecified atom stereocenters. The van der Waals surface area contributed by atoms with Gasteiger partial charge in [-0.2, -0.15) is 5.10 Å². The van der Waals surface area contributed by atoms with Crippen molar-refractivity contribution in [2.45, 2.75) is 13.3 Å². The number of hydrogen-bond acceptors (Lipinski definition) is 5. The Morgan fingerprint density at radius 2 is 1.81 bits per heavy atom. The quantitative estimate of drug-likeness (QED) is 0.431. The molecule has 0 aliphatic rings. The van der Waals surface area contributed by atoms with Crippen molar-refractivity contribution in [1.29, 1.82) is 0 Å². The Hall–Kier alpha value is -3.26. The smallest absolute Gasteiger partial charge is 0.269 e. The van der Waals surface area contributed by atoms with E-state index in [2.05, 4.69) is 15.8 Å². The molecule has 2 N–H and O–H groups in total. The summed E-state index contributed by atoms with van der Waals surface area (Å²) in [6.45, 7) is 1.79. The van der Waals surface area contributed by atoms with Gasteiger partial charge in [0.05, 0.1) is 21.2 Å². The average molecular weight is 389 g/mol. The zero-order valence-corrected chi connectivity index (χ0v) is 15.2. The second kappa shape index (κ2) is 9.44. The van der Waals surface area contributed by atoms with Crippen LogP contribution in [0.5, 0.6) is 0 Å². The van der Waals surface area contributed by atoms with Crippen molar-refractivity contribution >= 4 is 34.8 Å². The van der Waals surface area contributed by atoms with Crippen LogP contribution >= 0.6 is 11.6 Å². The number of nitro groups is 1. The lowest BCUT2D eigenvalue weighted by atomic mass is 10.1. The van der Waals surface area contributed by atoms with Crippen LogP contribution in [0, 0.1) is 10.1 Å². The summed E-state index contributed by atoms with van der Waals surface area (Å²) < 4.78 is 0. The van der Waals surface area contributed by atoms with Gasteiger partial charge in [-0.15, -0.1) is 0 Å². The molecular formula is C18H17ClN4O4. The molecule has 0 saturated carbocycles. The Kier molecular flexibility index (Phi) is 7.01. The first-order chi connectivity index (χ1) is 12.9. The summed E-state index contributed by atoms with van der Waals surface area (Å²) in [6, 6.07) is 12.4. The minimum Gasteiger partial charge on any atom is -0.351 e. The molecule has 8 nitrogen and oxygen atoms in total. The molecule has 2 aromatic rings. The van der Waals surface area contributed by atoms with Crippen LogP contribution in [0.4, 0.5) is 5.69 Å². The van der Waals surface area contributed by atoms with Crippen molar-refractivity contribution in [3.05, 3.63) is 74.8 Å². The van der Waals surface area contributed by atoms with Crippen molar-refractivity contribution < 1.29 is 14.5 Å². The van der Waals surface area contributed by atoms with E-state index in [9.17, 15) is 19.7 Å². The van der Waals surface area contributed by atoms with E-state index in [0.29, 0.717) is 21.9 Å². The van der Waals surface area contributed by atoms with Crippen molar-refractivity contribution in [1.82, 2.24) is 10.7 Å². The number of rotatable bonds is 7. The van der Waals surface area contributed by atoms with E-state index in [1.165, 1.54) is 12.1 Å². The van der Waals surface area contributed by atoms with Crippen molar-refractivity contribution in [3.8, 4) is 0 Å². The first-order valence-electron chi connectivity index (χ1n) is 7.99. The number of halogens is 1. The van der Waals surface area contributed by atoms with Gasteiger partial charge in [0.1, 0.15) is 0 Å². The molecule has 0 aliphatic carbocycles. The fourth-order valence-electron chi connectivity index (χ4n) is 2.12. The number of nitrogens with zero attached hydrogens (tertiary/aromatic N) is 2. The zero-order chi connectivity index (χ0) is 19.8. The molecule has 0 spiro atoms. The number of non-ortho nitro benzene ring substituents is 1. The van der Waals surface area contributed by atoms with E-state index in [1.54, 1.807) is 43.3 Å². The van der Waals surface area contributed by atoms with Crippen LogP contribution in [-0.2, 0) is 4.79 Å². The number of nitro benzene ring substituents is 1. The molecule has 27 heavy (non-hydrogen) atoms. The second-order valence-corrected chi connectivity index (χ2v) is 5.93. The van der Waals surface area contributed by atoms with Crippen LogP contribution in [0.3, 0.4) is 0 Å². The lowest BCUT2D eigenvalue weighted by Crippen LogP contribution is -2.29. The summed E-state index contributed by atoms with van der Waals surface area (Å²) in [5.74, 6) is -0.741. The summed E-state index contributed by atoms with van der Waals surface area (Å²) in [7, 11) is 0. The van der Waals surface area contributed by atoms with Gasteiger partial charge in [0.25, 0.3) is 11.6 Å². The molecule has 2 amide bonds. The Labute approximate surface area is 160 Å². The number of nitrogens with one attached hydrogen (secondary N) is 2. The van der Waals surface area contributed by atoms with Gasteiger partial charge in [0.15, 0.2) is 0 Å². The number of hydrogen-bond donors (Lipinski definition) is 2. The lowest BCUT2D eigenvalue weighted by molar-refractivity contribution is -0.384. The van der Waals surface area contributed by atoms with E-state index in [0.717, 1.165) is 0 Å². The number of amides is 2. The monoisotopic (exact) mass is 388 g/mol. The number of carbonyl (C=O) groups excluding carboxylic acids is 2. The van der Waals surface area contributed by atoms with Gasteiger partial charge in [0.2, 0.25) is 5.91 Å². The molecule has 0 aliphatic heterocycles. The zero-order valence-electron chi connectivity index (χ0n) is 14.4. The molecular weight excluding hydrogens is 372 g/mol. The van der Waals surface area contributed by atoms with Crippen LogP contribution in [0.25, 0.3) is 0 Å². The first-order valence-corrected chi connectivity index (χ1v) is 8.37. The fourth-order valence-corrected chi connectivity index (χ4v) is 2.34. The Bertz CT molecular complexity index is 881. The molecule has 0 bridgehead atoms. The van der Waals surface area contributed by atoms with Crippen molar-refractivity contribution in [3.63, 3.8) is 0 Å². The minimum atomic E-state index is -0.491. The molecule has 0 heterocycles. The Morgan fingerprint density at radius 1 is 1.15 bits per heavy atom. The number of hydrazone groups is 1. The summed E-state index contributed by atoms with van der Waals surface area (Å²) in [5.41, 5.74) is 3.84. The highest BCUT2D eigenvalue weighted by molar-refractivity contribution is 6.33. The predicted molar refractivity (Wildman–Crippen MR) is 102 cm³/mol. The maximum atomic E-state index is 12.0. The topological polar surface area (TPSA) is 114 Å². The third-order valence-corrected chi connectivity index (χ3v) is 3.93. The molecule has 0 saturated heterocycles. The predicted octanol–water partition coefficient (Wildman–Crippen LogP) is 2.91. The highest BCUT2D eigenvalue weighted by Crippen LogP contribution is 2.14. The molecule has 140 valence electrons. The van der Waals surface area contributed by atoms with Gasteiger partial charge < -0.3 is 5.32 Å². The number of benzene rings is 2. The summed E-state index contributed by atoms with van der Waals surface area (Å²) >= 11 is 5.94. The van der Waals surface area contributed by atoms with Gasteiger partial charge in [-0.05, 0) is 36.8 Å². The van der Waals surface area contributed by atoms with Gasteiger partial charge >= 0.3 is 0 Å². The van der Waals surface area contributed by atoms with Gasteiger partial charge in [-0.3, -0.25) is 19.7 Å². The summed E-state index contributed by atoms with van der Waals surface area (Å²) in [5, 5.41) is 17.5. The van der Waals surface area contributed by atoms with Gasteiger partial charge in [0, 0.05) is 25.1 Å². The van der Waals surface area contributed by atoms with E-state index >= 15 is 0 Å². The standard InChI is InChI=1S/C18H17ClN4O4/c1-12(13-6-8-14(9-7-13)23(26)27)21-22-17(24)10-11-20-18(25)15-4-2-3-5-16(15)19/h2-9H,10-11H2,1H3,(H,20,25)(H,22,24). The van der Waals surface area contributed by atoms with Gasteiger partial charge in [-0.25, -0.2) is 5.43 Å². The molecule has 2 aromatic carbocycles. The maximum Gasteiger partial charge on any atom is 0.269 e. The Morgan fingerprint density at radius 3 is 2.44 bits per heavy atom. The second-order valence-electron chi connectivity index (χ2n) is 5.52. The van der Waals surface area contributed by atoms with E-state index in [-0.39, 0.29) is 30.5 Å². The van der Waals surface area contributed by atoms with Crippen molar-refractivity contribution in [2.75, 3.05) is 6.54 Å². The molecule has 0 atom stereocenters. The van der Waals surface area contributed by atoms with Crippen LogP contribution in [0.1, 0.15) is 29.3 Å². The van der Waals surface area contributed by atoms with E-state index in [1.807, 2.05) is 0 Å². The van der Waals surface area contributed by atoms with Crippen LogP contribution in [-0.4, -0.2) is 29.0 Å². The number of carbonyl (C=O) groups is 2. The Balaban J connectivity index is 1.81. The minimum absolute atomic E-state index is 0.0233. The molecule has 0 aromatic heterocycles. The maximum absolute atomic E-state index is 12.0. The molecule has 0 radical (unpaired) electrons. The highest BCUT2D eigenvalue weighted by atomic mass is 35.5. The van der Waals surface area contributed by atoms with Crippen molar-refractivity contribution in [2.24, 2.45) is 5.10 Å². The largest absolute Gasteiger partial charge is 0.351 e. The summed E-state index contributed by atoms with van der Waals surface area (Å²) in [6.07, 6.45) is 0.0350. The molecule has 2 rings (SSSR count). The highest BCUT2D eigenvalue weighted by Gasteiger charge is 2.10. The lowest BCUT2D eigenvalue weighted by Gasteiger charge is -2.06. The average Bonchev–Trinajstić information content (AvgIpc) is 2.66. The van der Waals surface area contributed by atoms with Gasteiger partial charge in [-0.1, -0.05) is 23.7 Å². The fraction of sp³-hybridized carbons (Fsp3) is 0.167.